The highest BCUT2D eigenvalue weighted by Gasteiger charge is 2.12. The number of alkyl halides is 1. The van der Waals surface area contributed by atoms with Crippen LogP contribution in [0.1, 0.15) is 20.8 Å². The van der Waals surface area contributed by atoms with Crippen molar-refractivity contribution in [2.75, 3.05) is 10.6 Å². The molecule has 1 heterocycles. The molecule has 0 aliphatic carbocycles. The molecule has 1 N–H and O–H groups in total. The fraction of sp³-hybridized carbons (Fsp3) is 0.700. The van der Waals surface area contributed by atoms with E-state index in [1.54, 1.807) is 0 Å². The van der Waals surface area contributed by atoms with Gasteiger partial charge in [0.15, 0.2) is 0 Å². The van der Waals surface area contributed by atoms with Crippen molar-refractivity contribution in [3.05, 3.63) is 12.4 Å². The van der Waals surface area contributed by atoms with Crippen molar-refractivity contribution < 1.29 is 0 Å². The first-order valence-corrected chi connectivity index (χ1v) is 6.14. The van der Waals surface area contributed by atoms with Crippen LogP contribution in [0.15, 0.2) is 12.4 Å². The van der Waals surface area contributed by atoms with Gasteiger partial charge in [0.1, 0.15) is 0 Å². The van der Waals surface area contributed by atoms with Gasteiger partial charge in [0.25, 0.3) is 0 Å². The van der Waals surface area contributed by atoms with Crippen LogP contribution in [-0.4, -0.2) is 20.9 Å². The number of imidazole rings is 1. The molecule has 0 bridgehead atoms. The van der Waals surface area contributed by atoms with Crippen molar-refractivity contribution in [3.63, 3.8) is 0 Å². The number of hydrogen-bond donors (Lipinski definition) is 1. The smallest absolute Gasteiger partial charge is 0.202 e. The molecule has 2 unspecified atom stereocenters. The van der Waals surface area contributed by atoms with E-state index in [1.165, 1.54) is 0 Å². The van der Waals surface area contributed by atoms with Gasteiger partial charge in [0.2, 0.25) is 5.95 Å². The Morgan fingerprint density at radius 3 is 2.86 bits per heavy atom. The number of halogens is 1. The average molecular weight is 260 g/mol. The van der Waals surface area contributed by atoms with Gasteiger partial charge in [-0.1, -0.05) is 22.9 Å². The molecule has 2 atom stereocenters. The highest BCUT2D eigenvalue weighted by molar-refractivity contribution is 9.09. The first-order chi connectivity index (χ1) is 6.69. The number of hydrogen-bond acceptors (Lipinski definition) is 2. The van der Waals surface area contributed by atoms with Crippen LogP contribution in [0.25, 0.3) is 0 Å². The summed E-state index contributed by atoms with van der Waals surface area (Å²) in [5.41, 5.74) is 0. The Kier molecular flexibility index (Phi) is 4.45. The normalized spacial score (nSPS) is 15.1. The molecule has 0 aliphatic heterocycles. The van der Waals surface area contributed by atoms with Gasteiger partial charge in [-0.3, -0.25) is 0 Å². The summed E-state index contributed by atoms with van der Waals surface area (Å²) in [6.07, 6.45) is 3.82. The molecule has 0 aromatic carbocycles. The van der Waals surface area contributed by atoms with Crippen molar-refractivity contribution in [1.82, 2.24) is 9.55 Å². The summed E-state index contributed by atoms with van der Waals surface area (Å²) in [7, 11) is 0. The molecular formula is C10H18BrN3. The maximum atomic E-state index is 4.28. The lowest BCUT2D eigenvalue weighted by molar-refractivity contribution is 0.563. The van der Waals surface area contributed by atoms with Crippen molar-refractivity contribution in [2.45, 2.75) is 33.4 Å². The number of anilines is 1. The minimum atomic E-state index is 0.432. The second-order valence-electron chi connectivity index (χ2n) is 3.60. The van der Waals surface area contributed by atoms with Crippen molar-refractivity contribution in [1.29, 1.82) is 0 Å². The van der Waals surface area contributed by atoms with Crippen LogP contribution >= 0.6 is 15.9 Å². The molecule has 14 heavy (non-hydrogen) atoms. The zero-order valence-electron chi connectivity index (χ0n) is 9.00. The van der Waals surface area contributed by atoms with Crippen LogP contribution in [-0.2, 0) is 6.54 Å². The molecule has 0 spiro atoms. The molecule has 3 nitrogen and oxygen atoms in total. The zero-order valence-corrected chi connectivity index (χ0v) is 10.6. The van der Waals surface area contributed by atoms with Crippen LogP contribution in [0, 0.1) is 5.92 Å². The van der Waals surface area contributed by atoms with Gasteiger partial charge >= 0.3 is 0 Å². The fourth-order valence-electron chi connectivity index (χ4n) is 1.18. The summed E-state index contributed by atoms with van der Waals surface area (Å²) in [6, 6.07) is 0.432. The number of aryl methyl sites for hydroxylation is 1. The van der Waals surface area contributed by atoms with E-state index in [9.17, 15) is 0 Å². The second kappa shape index (κ2) is 5.39. The number of aromatic nitrogens is 2. The van der Waals surface area contributed by atoms with E-state index in [0.29, 0.717) is 12.0 Å². The highest BCUT2D eigenvalue weighted by Crippen LogP contribution is 2.12. The van der Waals surface area contributed by atoms with Gasteiger partial charge in [-0.2, -0.15) is 0 Å². The molecule has 0 aliphatic rings. The molecule has 1 rings (SSSR count). The third-order valence-electron chi connectivity index (χ3n) is 2.51. The van der Waals surface area contributed by atoms with Crippen LogP contribution < -0.4 is 5.32 Å². The van der Waals surface area contributed by atoms with Crippen molar-refractivity contribution in [3.8, 4) is 0 Å². The molecule has 0 radical (unpaired) electrons. The number of nitrogens with zero attached hydrogens (tertiary/aromatic N) is 2. The Morgan fingerprint density at radius 1 is 1.57 bits per heavy atom. The van der Waals surface area contributed by atoms with E-state index in [0.717, 1.165) is 17.8 Å². The lowest BCUT2D eigenvalue weighted by Crippen LogP contribution is -2.26. The molecule has 4 heteroatoms. The maximum Gasteiger partial charge on any atom is 0.202 e. The Balaban J connectivity index is 2.59. The van der Waals surface area contributed by atoms with Crippen molar-refractivity contribution in [2.24, 2.45) is 5.92 Å². The van der Waals surface area contributed by atoms with Crippen molar-refractivity contribution >= 4 is 21.9 Å². The van der Waals surface area contributed by atoms with Gasteiger partial charge in [0.05, 0.1) is 0 Å². The highest BCUT2D eigenvalue weighted by atomic mass is 79.9. The summed E-state index contributed by atoms with van der Waals surface area (Å²) >= 11 is 3.49. The van der Waals surface area contributed by atoms with Gasteiger partial charge in [-0.05, 0) is 19.8 Å². The first kappa shape index (κ1) is 11.6. The third-order valence-corrected chi connectivity index (χ3v) is 3.53. The summed E-state index contributed by atoms with van der Waals surface area (Å²) in [6.45, 7) is 7.47. The SMILES string of the molecule is CCn1ccnc1NC(C)C(C)CBr. The van der Waals surface area contributed by atoms with E-state index in [2.05, 4.69) is 51.6 Å². The lowest BCUT2D eigenvalue weighted by atomic mass is 10.1. The predicted octanol–water partition coefficient (Wildman–Crippen LogP) is 2.73. The maximum absolute atomic E-state index is 4.28. The topological polar surface area (TPSA) is 29.9 Å². The summed E-state index contributed by atoms with van der Waals surface area (Å²) in [5.74, 6) is 1.56. The molecule has 0 fully saturated rings. The van der Waals surface area contributed by atoms with Gasteiger partial charge in [-0.25, -0.2) is 4.98 Å². The first-order valence-electron chi connectivity index (χ1n) is 5.02. The fourth-order valence-corrected chi connectivity index (χ4v) is 1.74. The number of nitrogens with one attached hydrogen (secondary N) is 1. The molecule has 0 amide bonds. The second-order valence-corrected chi connectivity index (χ2v) is 4.25. The summed E-state index contributed by atoms with van der Waals surface area (Å²) in [4.78, 5) is 4.28. The minimum Gasteiger partial charge on any atom is -0.353 e. The monoisotopic (exact) mass is 259 g/mol. The standard InChI is InChI=1S/C10H18BrN3/c1-4-14-6-5-12-10(14)13-9(3)8(2)7-11/h5-6,8-9H,4,7H2,1-3H3,(H,12,13). The zero-order chi connectivity index (χ0) is 10.6. The lowest BCUT2D eigenvalue weighted by Gasteiger charge is -2.20. The molecular weight excluding hydrogens is 242 g/mol. The Labute approximate surface area is 94.0 Å². The summed E-state index contributed by atoms with van der Waals surface area (Å²) < 4.78 is 2.11. The Bertz CT molecular complexity index is 272. The Morgan fingerprint density at radius 2 is 2.29 bits per heavy atom. The van der Waals surface area contributed by atoms with E-state index in [1.807, 2.05) is 12.4 Å². The predicted molar refractivity (Wildman–Crippen MR) is 63.9 cm³/mol. The van der Waals surface area contributed by atoms with Gasteiger partial charge < -0.3 is 9.88 Å². The van der Waals surface area contributed by atoms with E-state index < -0.39 is 0 Å². The quantitative estimate of drug-likeness (QED) is 0.825. The summed E-state index contributed by atoms with van der Waals surface area (Å²) in [5, 5.41) is 4.42. The van der Waals surface area contributed by atoms with Gasteiger partial charge in [-0.15, -0.1) is 0 Å². The molecule has 1 aromatic heterocycles. The van der Waals surface area contributed by atoms with Crippen LogP contribution in [0.2, 0.25) is 0 Å². The molecule has 0 saturated carbocycles. The number of rotatable bonds is 5. The van der Waals surface area contributed by atoms with Crippen LogP contribution in [0.4, 0.5) is 5.95 Å². The molecule has 80 valence electrons. The van der Waals surface area contributed by atoms with E-state index in [4.69, 9.17) is 0 Å². The van der Waals surface area contributed by atoms with Crippen LogP contribution in [0.5, 0.6) is 0 Å². The third kappa shape index (κ3) is 2.74. The average Bonchev–Trinajstić information content (AvgIpc) is 2.63. The van der Waals surface area contributed by atoms with Crippen LogP contribution in [0.3, 0.4) is 0 Å². The Hall–Kier alpha value is -0.510. The van der Waals surface area contributed by atoms with E-state index >= 15 is 0 Å². The van der Waals surface area contributed by atoms with E-state index in [-0.39, 0.29) is 0 Å². The van der Waals surface area contributed by atoms with Gasteiger partial charge in [0, 0.05) is 30.3 Å². The molecule has 1 aromatic rings. The minimum absolute atomic E-state index is 0.432. The molecule has 0 saturated heterocycles. The largest absolute Gasteiger partial charge is 0.353 e.